The molecule has 2 fully saturated rings. The van der Waals surface area contributed by atoms with Crippen LogP contribution >= 0.6 is 0 Å². The van der Waals surface area contributed by atoms with E-state index in [4.69, 9.17) is 4.74 Å². The van der Waals surface area contributed by atoms with E-state index in [1.54, 1.807) is 0 Å². The van der Waals surface area contributed by atoms with Gasteiger partial charge in [0, 0.05) is 12.1 Å². The monoisotopic (exact) mass is 183 g/mol. The first-order valence-electron chi connectivity index (χ1n) is 5.58. The highest BCUT2D eigenvalue weighted by atomic mass is 16.5. The van der Waals surface area contributed by atoms with Crippen LogP contribution in [0.3, 0.4) is 0 Å². The summed E-state index contributed by atoms with van der Waals surface area (Å²) in [7, 11) is 0. The Bertz CT molecular complexity index is 181. The highest BCUT2D eigenvalue weighted by molar-refractivity contribution is 4.94. The summed E-state index contributed by atoms with van der Waals surface area (Å²) < 4.78 is 5.80. The minimum atomic E-state index is 0.520. The molecule has 0 spiro atoms. The molecule has 1 N–H and O–H groups in total. The van der Waals surface area contributed by atoms with Crippen molar-refractivity contribution in [1.29, 1.82) is 0 Å². The fraction of sp³-hybridized carbons (Fsp3) is 1.00. The Kier molecular flexibility index (Phi) is 2.61. The summed E-state index contributed by atoms with van der Waals surface area (Å²) in [5.41, 5.74) is 0. The Morgan fingerprint density at radius 1 is 1.23 bits per heavy atom. The van der Waals surface area contributed by atoms with Crippen LogP contribution in [-0.4, -0.2) is 24.3 Å². The summed E-state index contributed by atoms with van der Waals surface area (Å²) in [5.74, 6) is 0.721. The van der Waals surface area contributed by atoms with Gasteiger partial charge in [-0.3, -0.25) is 0 Å². The second kappa shape index (κ2) is 3.58. The van der Waals surface area contributed by atoms with Gasteiger partial charge in [0.25, 0.3) is 0 Å². The summed E-state index contributed by atoms with van der Waals surface area (Å²) in [6, 6.07) is 1.25. The average molecular weight is 183 g/mol. The molecule has 0 aromatic heterocycles. The minimum Gasteiger partial charge on any atom is -0.373 e. The predicted molar refractivity (Wildman–Crippen MR) is 53.7 cm³/mol. The Morgan fingerprint density at radius 3 is 2.46 bits per heavy atom. The molecule has 76 valence electrons. The van der Waals surface area contributed by atoms with Crippen LogP contribution in [0.4, 0.5) is 0 Å². The minimum absolute atomic E-state index is 0.520. The molecule has 0 aromatic carbocycles. The maximum Gasteiger partial charge on any atom is 0.0733 e. The van der Waals surface area contributed by atoms with Gasteiger partial charge in [0.05, 0.1) is 12.2 Å². The third-order valence-corrected chi connectivity index (χ3v) is 3.58. The second-order valence-corrected chi connectivity index (χ2v) is 4.92. The van der Waals surface area contributed by atoms with E-state index in [0.29, 0.717) is 24.3 Å². The van der Waals surface area contributed by atoms with E-state index in [0.717, 1.165) is 5.92 Å². The average Bonchev–Trinajstić information content (AvgIpc) is 2.64. The lowest BCUT2D eigenvalue weighted by molar-refractivity contribution is 0.0954. The fourth-order valence-electron chi connectivity index (χ4n) is 2.34. The summed E-state index contributed by atoms with van der Waals surface area (Å²) in [4.78, 5) is 0. The van der Waals surface area contributed by atoms with Crippen molar-refractivity contribution in [3.63, 3.8) is 0 Å². The molecule has 1 unspecified atom stereocenters. The van der Waals surface area contributed by atoms with Gasteiger partial charge in [-0.2, -0.15) is 0 Å². The zero-order valence-electron chi connectivity index (χ0n) is 8.92. The van der Waals surface area contributed by atoms with Crippen LogP contribution < -0.4 is 5.32 Å². The lowest BCUT2D eigenvalue weighted by atomic mass is 9.94. The Balaban J connectivity index is 1.83. The number of hydrogen-bond acceptors (Lipinski definition) is 2. The molecule has 4 atom stereocenters. The van der Waals surface area contributed by atoms with E-state index in [1.165, 1.54) is 19.3 Å². The smallest absolute Gasteiger partial charge is 0.0733 e. The van der Waals surface area contributed by atoms with Gasteiger partial charge < -0.3 is 10.1 Å². The van der Waals surface area contributed by atoms with Gasteiger partial charge in [-0.1, -0.05) is 13.8 Å². The summed E-state index contributed by atoms with van der Waals surface area (Å²) in [5, 5.41) is 3.68. The van der Waals surface area contributed by atoms with E-state index in [1.807, 2.05) is 0 Å². The van der Waals surface area contributed by atoms with Crippen molar-refractivity contribution in [1.82, 2.24) is 5.32 Å². The predicted octanol–water partition coefficient (Wildman–Crippen LogP) is 1.94. The van der Waals surface area contributed by atoms with Crippen molar-refractivity contribution < 1.29 is 4.74 Å². The van der Waals surface area contributed by atoms with E-state index in [-0.39, 0.29) is 0 Å². The van der Waals surface area contributed by atoms with Crippen LogP contribution in [-0.2, 0) is 4.74 Å². The first-order chi connectivity index (χ1) is 6.16. The molecule has 0 radical (unpaired) electrons. The molecule has 2 heterocycles. The zero-order chi connectivity index (χ0) is 9.42. The molecule has 2 heteroatoms. The molecule has 0 amide bonds. The van der Waals surface area contributed by atoms with Crippen molar-refractivity contribution in [2.45, 2.75) is 64.3 Å². The van der Waals surface area contributed by atoms with Crippen molar-refractivity contribution >= 4 is 0 Å². The van der Waals surface area contributed by atoms with Crippen LogP contribution in [0.2, 0.25) is 0 Å². The molecule has 0 aliphatic carbocycles. The van der Waals surface area contributed by atoms with Crippen molar-refractivity contribution in [3.8, 4) is 0 Å². The largest absolute Gasteiger partial charge is 0.373 e. The van der Waals surface area contributed by atoms with Gasteiger partial charge in [-0.05, 0) is 32.1 Å². The Morgan fingerprint density at radius 2 is 2.00 bits per heavy atom. The number of hydrogen-bond donors (Lipinski definition) is 1. The van der Waals surface area contributed by atoms with E-state index < -0.39 is 0 Å². The third-order valence-electron chi connectivity index (χ3n) is 3.58. The number of fused-ring (bicyclic) bond motifs is 2. The maximum absolute atomic E-state index is 5.80. The molecular formula is C11H21NO. The number of rotatable bonds is 3. The topological polar surface area (TPSA) is 21.3 Å². The summed E-state index contributed by atoms with van der Waals surface area (Å²) in [6.07, 6.45) is 4.89. The summed E-state index contributed by atoms with van der Waals surface area (Å²) >= 11 is 0. The lowest BCUT2D eigenvalue weighted by Crippen LogP contribution is -2.44. The molecule has 2 rings (SSSR count). The van der Waals surface area contributed by atoms with Gasteiger partial charge in [0.15, 0.2) is 0 Å². The lowest BCUT2D eigenvalue weighted by Gasteiger charge is -2.26. The molecule has 2 aliphatic rings. The van der Waals surface area contributed by atoms with Gasteiger partial charge >= 0.3 is 0 Å². The van der Waals surface area contributed by atoms with Crippen LogP contribution in [0.15, 0.2) is 0 Å². The van der Waals surface area contributed by atoms with Gasteiger partial charge in [-0.25, -0.2) is 0 Å². The van der Waals surface area contributed by atoms with Crippen LogP contribution in [0.1, 0.15) is 40.0 Å². The zero-order valence-corrected chi connectivity index (χ0v) is 8.92. The molecule has 0 aromatic rings. The van der Waals surface area contributed by atoms with Crippen molar-refractivity contribution in [2.24, 2.45) is 5.92 Å². The first kappa shape index (κ1) is 9.47. The standard InChI is InChI=1S/C11H21NO/c1-7(2)8(3)12-10-6-9-4-5-11(10)13-9/h7-12H,4-6H2,1-3H3/t8?,9-,10-,11+/m1/s1. The van der Waals surface area contributed by atoms with Gasteiger partial charge in [-0.15, -0.1) is 0 Å². The third kappa shape index (κ3) is 1.89. The van der Waals surface area contributed by atoms with Gasteiger partial charge in [0.2, 0.25) is 0 Å². The normalized spacial score (nSPS) is 40.2. The van der Waals surface area contributed by atoms with E-state index in [9.17, 15) is 0 Å². The van der Waals surface area contributed by atoms with Crippen LogP contribution in [0, 0.1) is 5.92 Å². The quantitative estimate of drug-likeness (QED) is 0.722. The van der Waals surface area contributed by atoms with Crippen LogP contribution in [0.5, 0.6) is 0 Å². The SMILES string of the molecule is CC(C)C(C)N[C@@H]1C[C@H]2CC[C@@H]1O2. The second-order valence-electron chi connectivity index (χ2n) is 4.92. The molecular weight excluding hydrogens is 162 g/mol. The summed E-state index contributed by atoms with van der Waals surface area (Å²) in [6.45, 7) is 6.81. The highest BCUT2D eigenvalue weighted by Gasteiger charge is 2.40. The van der Waals surface area contributed by atoms with Crippen molar-refractivity contribution in [2.75, 3.05) is 0 Å². The van der Waals surface area contributed by atoms with Crippen molar-refractivity contribution in [3.05, 3.63) is 0 Å². The Labute approximate surface area is 81.0 Å². The van der Waals surface area contributed by atoms with Crippen LogP contribution in [0.25, 0.3) is 0 Å². The number of ether oxygens (including phenoxy) is 1. The molecule has 2 bridgehead atoms. The first-order valence-corrected chi connectivity index (χ1v) is 5.58. The maximum atomic E-state index is 5.80. The van der Waals surface area contributed by atoms with E-state index in [2.05, 4.69) is 26.1 Å². The molecule has 2 saturated heterocycles. The highest BCUT2D eigenvalue weighted by Crippen LogP contribution is 2.34. The molecule has 13 heavy (non-hydrogen) atoms. The molecule has 2 aliphatic heterocycles. The fourth-order valence-corrected chi connectivity index (χ4v) is 2.34. The van der Waals surface area contributed by atoms with Gasteiger partial charge in [0.1, 0.15) is 0 Å². The molecule has 2 nitrogen and oxygen atoms in total. The molecule has 0 saturated carbocycles. The number of nitrogens with one attached hydrogen (secondary N) is 1. The van der Waals surface area contributed by atoms with E-state index >= 15 is 0 Å². The Hall–Kier alpha value is -0.0800.